The van der Waals surface area contributed by atoms with Gasteiger partial charge in [-0.15, -0.1) is 0 Å². The van der Waals surface area contributed by atoms with E-state index in [1.807, 2.05) is 0 Å². The number of hydrogen-bond acceptors (Lipinski definition) is 5. The van der Waals surface area contributed by atoms with E-state index in [1.165, 1.54) is 71.4 Å². The normalized spacial score (nSPS) is 32.4. The van der Waals surface area contributed by atoms with Crippen LogP contribution in [0.15, 0.2) is 0 Å². The van der Waals surface area contributed by atoms with E-state index in [2.05, 4.69) is 26.6 Å². The zero-order chi connectivity index (χ0) is 13.9. The number of piperazine rings is 1. The molecular weight excluding hydrogens is 250 g/mol. The maximum atomic E-state index is 3.39. The summed E-state index contributed by atoms with van der Waals surface area (Å²) < 4.78 is 0. The van der Waals surface area contributed by atoms with Gasteiger partial charge in [-0.25, -0.2) is 0 Å². The minimum Gasteiger partial charge on any atom is -0.317 e. The molecule has 2 bridgehead atoms. The molecule has 2 atom stereocenters. The summed E-state index contributed by atoms with van der Waals surface area (Å²) >= 11 is 0. The lowest BCUT2D eigenvalue weighted by molar-refractivity contribution is 0.520. The van der Waals surface area contributed by atoms with E-state index in [1.54, 1.807) is 0 Å². The highest BCUT2D eigenvalue weighted by atomic mass is 15.1. The van der Waals surface area contributed by atoms with Gasteiger partial charge < -0.3 is 26.6 Å². The van der Waals surface area contributed by atoms with Crippen molar-refractivity contribution in [3.63, 3.8) is 0 Å². The Hall–Kier alpha value is -0.200. The highest BCUT2D eigenvalue weighted by molar-refractivity contribution is 4.94. The van der Waals surface area contributed by atoms with Gasteiger partial charge >= 0.3 is 0 Å². The van der Waals surface area contributed by atoms with E-state index in [4.69, 9.17) is 0 Å². The van der Waals surface area contributed by atoms with Crippen LogP contribution in [0.4, 0.5) is 0 Å². The second-order valence-electron chi connectivity index (χ2n) is 6.11. The highest BCUT2D eigenvalue weighted by Gasteiger charge is 2.29. The van der Waals surface area contributed by atoms with Gasteiger partial charge in [0, 0.05) is 38.3 Å². The van der Waals surface area contributed by atoms with Crippen LogP contribution in [0, 0.1) is 0 Å². The van der Waals surface area contributed by atoms with Crippen LogP contribution in [0.25, 0.3) is 0 Å². The minimum atomic E-state index is 0.810. The summed E-state index contributed by atoms with van der Waals surface area (Å²) in [5.41, 5.74) is 0. The fourth-order valence-electron chi connectivity index (χ4n) is 3.01. The van der Waals surface area contributed by atoms with Gasteiger partial charge in [0.15, 0.2) is 0 Å². The van der Waals surface area contributed by atoms with Gasteiger partial charge in [-0.2, -0.15) is 0 Å². The molecule has 0 aromatic rings. The van der Waals surface area contributed by atoms with Crippen LogP contribution in [0.3, 0.4) is 0 Å². The molecule has 4 saturated heterocycles. The first-order valence-corrected chi connectivity index (χ1v) is 8.54. The van der Waals surface area contributed by atoms with Crippen molar-refractivity contribution in [3.8, 4) is 0 Å². The third-order valence-corrected chi connectivity index (χ3v) is 4.27. The maximum absolute atomic E-state index is 3.39. The summed E-state index contributed by atoms with van der Waals surface area (Å²) in [4.78, 5) is 0. The van der Waals surface area contributed by atoms with E-state index in [0.29, 0.717) is 0 Å². The smallest absolute Gasteiger partial charge is 0.0208 e. The van der Waals surface area contributed by atoms with Crippen molar-refractivity contribution in [2.24, 2.45) is 0 Å². The summed E-state index contributed by atoms with van der Waals surface area (Å²) in [6.07, 6.45) is 6.85. The molecule has 20 heavy (non-hydrogen) atoms. The van der Waals surface area contributed by atoms with Crippen LogP contribution in [-0.4, -0.2) is 64.4 Å². The zero-order valence-electron chi connectivity index (χ0n) is 12.8. The maximum Gasteiger partial charge on any atom is 0.0208 e. The van der Waals surface area contributed by atoms with Gasteiger partial charge in [0.2, 0.25) is 0 Å². The molecule has 2 unspecified atom stereocenters. The molecule has 0 saturated carbocycles. The van der Waals surface area contributed by atoms with Gasteiger partial charge in [-0.3, -0.25) is 0 Å². The van der Waals surface area contributed by atoms with Gasteiger partial charge in [0.25, 0.3) is 0 Å². The second-order valence-corrected chi connectivity index (χ2v) is 6.11. The van der Waals surface area contributed by atoms with Gasteiger partial charge in [-0.05, 0) is 51.9 Å². The zero-order valence-corrected chi connectivity index (χ0v) is 12.8. The van der Waals surface area contributed by atoms with E-state index in [0.717, 1.165) is 25.2 Å². The molecule has 5 nitrogen and oxygen atoms in total. The van der Waals surface area contributed by atoms with E-state index in [9.17, 15) is 0 Å². The molecule has 5 heteroatoms. The number of nitrogens with one attached hydrogen (secondary N) is 5. The van der Waals surface area contributed by atoms with Crippen LogP contribution in [0.2, 0.25) is 0 Å². The molecule has 0 aromatic carbocycles. The Morgan fingerprint density at radius 2 is 1.00 bits per heavy atom. The van der Waals surface area contributed by atoms with Gasteiger partial charge in [-0.1, -0.05) is 6.42 Å². The lowest BCUT2D eigenvalue weighted by Crippen LogP contribution is -2.39. The summed E-state index contributed by atoms with van der Waals surface area (Å²) in [6, 6.07) is 1.62. The Labute approximate surface area is 124 Å². The van der Waals surface area contributed by atoms with E-state index >= 15 is 0 Å². The monoisotopic (exact) mass is 283 g/mol. The molecular formula is C15H33N5. The first kappa shape index (κ1) is 16.2. The Balaban J connectivity index is 0.000000111. The van der Waals surface area contributed by atoms with Crippen molar-refractivity contribution < 1.29 is 0 Å². The van der Waals surface area contributed by atoms with Crippen LogP contribution in [-0.2, 0) is 0 Å². The minimum absolute atomic E-state index is 0.810. The third-order valence-electron chi connectivity index (χ3n) is 4.27. The SMILES string of the molecule is C1CCNCC1.C1CNCCNC1.C1NC2CNC1C2. The average Bonchev–Trinajstić information content (AvgIpc) is 3.06. The lowest BCUT2D eigenvalue weighted by atomic mass is 10.2. The molecule has 0 aromatic heterocycles. The Bertz CT molecular complexity index is 183. The number of hydrogen-bond donors (Lipinski definition) is 5. The van der Waals surface area contributed by atoms with Crippen molar-refractivity contribution in [3.05, 3.63) is 0 Å². The predicted octanol–water partition coefficient (Wildman–Crippen LogP) is -0.351. The quantitative estimate of drug-likeness (QED) is 0.421. The van der Waals surface area contributed by atoms with E-state index < -0.39 is 0 Å². The average molecular weight is 283 g/mol. The fourth-order valence-corrected chi connectivity index (χ4v) is 3.01. The van der Waals surface area contributed by atoms with Gasteiger partial charge in [0.1, 0.15) is 0 Å². The van der Waals surface area contributed by atoms with Crippen molar-refractivity contribution in [2.45, 2.75) is 44.2 Å². The molecule has 5 N–H and O–H groups in total. The van der Waals surface area contributed by atoms with Crippen LogP contribution in [0.5, 0.6) is 0 Å². The number of fused-ring (bicyclic) bond motifs is 2. The Kier molecular flexibility index (Phi) is 8.50. The molecule has 4 aliphatic rings. The molecule has 118 valence electrons. The van der Waals surface area contributed by atoms with Crippen LogP contribution in [0.1, 0.15) is 32.1 Å². The van der Waals surface area contributed by atoms with Crippen molar-refractivity contribution in [1.29, 1.82) is 0 Å². The van der Waals surface area contributed by atoms with Gasteiger partial charge in [0.05, 0.1) is 0 Å². The first-order chi connectivity index (χ1) is 9.95. The molecule has 0 spiro atoms. The molecule has 0 aliphatic carbocycles. The molecule has 4 rings (SSSR count). The summed E-state index contributed by atoms with van der Waals surface area (Å²) in [7, 11) is 0. The van der Waals surface area contributed by atoms with E-state index in [-0.39, 0.29) is 0 Å². The highest BCUT2D eigenvalue weighted by Crippen LogP contribution is 2.11. The largest absolute Gasteiger partial charge is 0.317 e. The molecule has 0 radical (unpaired) electrons. The lowest BCUT2D eigenvalue weighted by Gasteiger charge is -2.10. The third kappa shape index (κ3) is 6.99. The predicted molar refractivity (Wildman–Crippen MR) is 85.3 cm³/mol. The first-order valence-electron chi connectivity index (χ1n) is 8.54. The summed E-state index contributed by atoms with van der Waals surface area (Å²) in [5.74, 6) is 0. The molecule has 0 amide bonds. The van der Waals surface area contributed by atoms with Crippen molar-refractivity contribution in [2.75, 3.05) is 52.4 Å². The Morgan fingerprint density at radius 1 is 0.500 bits per heavy atom. The second kappa shape index (κ2) is 10.5. The Morgan fingerprint density at radius 3 is 1.30 bits per heavy atom. The van der Waals surface area contributed by atoms with Crippen LogP contribution >= 0.6 is 0 Å². The summed E-state index contributed by atoms with van der Waals surface area (Å²) in [5, 5.41) is 16.6. The van der Waals surface area contributed by atoms with Crippen molar-refractivity contribution >= 4 is 0 Å². The molecule has 4 aliphatic heterocycles. The fraction of sp³-hybridized carbons (Fsp3) is 1.00. The number of rotatable bonds is 0. The summed E-state index contributed by atoms with van der Waals surface area (Å²) in [6.45, 7) is 9.55. The van der Waals surface area contributed by atoms with Crippen molar-refractivity contribution in [1.82, 2.24) is 26.6 Å². The van der Waals surface area contributed by atoms with Crippen LogP contribution < -0.4 is 26.6 Å². The number of piperidine rings is 1. The molecule has 4 heterocycles. The molecule has 4 fully saturated rings. The topological polar surface area (TPSA) is 60.1 Å². The standard InChI is InChI=1S/C5H10N2.C5H12N2.C5H11N/c1-4-2-6-5(1)3-7-4;1-2-6-4-5-7-3-1;1-2-4-6-5-3-1/h4-7H,1-3H2;6-7H,1-5H2;6H,1-5H2.